The second kappa shape index (κ2) is 15.3. The number of rotatable bonds is 14. The van der Waals surface area contributed by atoms with E-state index in [1.165, 1.54) is 5.56 Å². The first-order valence-corrected chi connectivity index (χ1v) is 14.3. The lowest BCUT2D eigenvalue weighted by Gasteiger charge is -2.28. The molecule has 3 rings (SSSR count). The summed E-state index contributed by atoms with van der Waals surface area (Å²) >= 11 is 3.50. The molecule has 5 nitrogen and oxygen atoms in total. The maximum absolute atomic E-state index is 13.6. The largest absolute Gasteiger partial charge is 0.345 e. The Morgan fingerprint density at radius 1 is 0.947 bits per heavy atom. The number of carbonyl (C=O) groups excluding carboxylic acids is 2. The van der Waals surface area contributed by atoms with Crippen molar-refractivity contribution in [1.29, 1.82) is 0 Å². The summed E-state index contributed by atoms with van der Waals surface area (Å²) < 4.78 is 3.25. The minimum absolute atomic E-state index is 0.0138. The van der Waals surface area contributed by atoms with Gasteiger partial charge >= 0.3 is 0 Å². The minimum atomic E-state index is -0.128. The van der Waals surface area contributed by atoms with Gasteiger partial charge in [0.25, 0.3) is 0 Å². The third-order valence-electron chi connectivity index (χ3n) is 6.51. The zero-order chi connectivity index (χ0) is 27.3. The number of amides is 2. The van der Waals surface area contributed by atoms with Crippen LogP contribution in [0.1, 0.15) is 56.9 Å². The van der Waals surface area contributed by atoms with E-state index in [1.807, 2.05) is 59.5 Å². The average molecular weight is 579 g/mol. The third kappa shape index (κ3) is 9.64. The number of carbonyl (C=O) groups is 2. The van der Waals surface area contributed by atoms with Crippen LogP contribution in [0, 0.1) is 5.92 Å². The van der Waals surface area contributed by atoms with Gasteiger partial charge in [-0.15, -0.1) is 0 Å². The standard InChI is InChI=1S/C32H40BrN3O2/c1-4-5-20-35(24-30-12-9-21-34(30)23-28-13-16-29(33)17-14-28)32(38)25-36(22-19-26(2)3)31(37)18-15-27-10-7-6-8-11-27/h6-18,21,26H,4-5,19-20,22-25H2,1-3H3. The summed E-state index contributed by atoms with van der Waals surface area (Å²) in [5, 5.41) is 0. The highest BCUT2D eigenvalue weighted by Gasteiger charge is 2.21. The number of halogens is 1. The molecule has 3 aromatic rings. The van der Waals surface area contributed by atoms with Crippen LogP contribution in [0.25, 0.3) is 6.08 Å². The van der Waals surface area contributed by atoms with Crippen molar-refractivity contribution in [1.82, 2.24) is 14.4 Å². The number of unbranched alkanes of at least 4 members (excludes halogenated alkanes) is 1. The molecule has 0 radical (unpaired) electrons. The zero-order valence-corrected chi connectivity index (χ0v) is 24.4. The van der Waals surface area contributed by atoms with Crippen molar-refractivity contribution in [2.75, 3.05) is 19.6 Å². The number of hydrogen-bond donors (Lipinski definition) is 0. The highest BCUT2D eigenvalue weighted by atomic mass is 79.9. The Hall–Kier alpha value is -3.12. The molecule has 1 heterocycles. The fourth-order valence-electron chi connectivity index (χ4n) is 4.15. The minimum Gasteiger partial charge on any atom is -0.345 e. The fourth-order valence-corrected chi connectivity index (χ4v) is 4.42. The van der Waals surface area contributed by atoms with E-state index >= 15 is 0 Å². The predicted octanol–water partition coefficient (Wildman–Crippen LogP) is 7.02. The lowest BCUT2D eigenvalue weighted by Crippen LogP contribution is -2.43. The van der Waals surface area contributed by atoms with E-state index in [0.29, 0.717) is 25.6 Å². The third-order valence-corrected chi connectivity index (χ3v) is 7.04. The van der Waals surface area contributed by atoms with Gasteiger partial charge in [-0.25, -0.2) is 0 Å². The van der Waals surface area contributed by atoms with Gasteiger partial charge in [-0.3, -0.25) is 9.59 Å². The van der Waals surface area contributed by atoms with Crippen molar-refractivity contribution in [2.24, 2.45) is 5.92 Å². The highest BCUT2D eigenvalue weighted by Crippen LogP contribution is 2.15. The van der Waals surface area contributed by atoms with E-state index in [-0.39, 0.29) is 18.4 Å². The zero-order valence-electron chi connectivity index (χ0n) is 22.9. The first-order valence-electron chi connectivity index (χ1n) is 13.5. The Kier molecular flexibility index (Phi) is 11.9. The maximum atomic E-state index is 13.6. The van der Waals surface area contributed by atoms with Crippen LogP contribution in [0.5, 0.6) is 0 Å². The van der Waals surface area contributed by atoms with E-state index < -0.39 is 0 Å². The summed E-state index contributed by atoms with van der Waals surface area (Å²) in [7, 11) is 0. The van der Waals surface area contributed by atoms with Crippen LogP contribution in [0.4, 0.5) is 0 Å². The molecule has 2 amide bonds. The second-order valence-electron chi connectivity index (χ2n) is 10.1. The smallest absolute Gasteiger partial charge is 0.247 e. The molecule has 38 heavy (non-hydrogen) atoms. The maximum Gasteiger partial charge on any atom is 0.247 e. The van der Waals surface area contributed by atoms with Gasteiger partial charge in [0, 0.05) is 42.1 Å². The Morgan fingerprint density at radius 3 is 2.37 bits per heavy atom. The van der Waals surface area contributed by atoms with Crippen LogP contribution in [0.3, 0.4) is 0 Å². The van der Waals surface area contributed by atoms with Crippen molar-refractivity contribution in [2.45, 2.75) is 53.1 Å². The first-order chi connectivity index (χ1) is 18.4. The molecule has 0 aliphatic carbocycles. The van der Waals surface area contributed by atoms with Gasteiger partial charge in [-0.1, -0.05) is 85.6 Å². The quantitative estimate of drug-likeness (QED) is 0.193. The van der Waals surface area contributed by atoms with E-state index in [4.69, 9.17) is 0 Å². The van der Waals surface area contributed by atoms with Gasteiger partial charge in [-0.2, -0.15) is 0 Å². The molecule has 0 aliphatic heterocycles. The fraction of sp³-hybridized carbons (Fsp3) is 0.375. The Bertz CT molecular complexity index is 1170. The van der Waals surface area contributed by atoms with Crippen molar-refractivity contribution in [3.63, 3.8) is 0 Å². The molecule has 0 aliphatic rings. The molecule has 202 valence electrons. The van der Waals surface area contributed by atoms with E-state index in [9.17, 15) is 9.59 Å². The number of hydrogen-bond acceptors (Lipinski definition) is 2. The summed E-state index contributed by atoms with van der Waals surface area (Å²) in [6, 6.07) is 22.2. The Labute approximate surface area is 236 Å². The van der Waals surface area contributed by atoms with Gasteiger partial charge < -0.3 is 14.4 Å². The van der Waals surface area contributed by atoms with Crippen molar-refractivity contribution >= 4 is 33.8 Å². The summed E-state index contributed by atoms with van der Waals surface area (Å²) in [5.74, 6) is 0.300. The van der Waals surface area contributed by atoms with Gasteiger partial charge in [0.15, 0.2) is 0 Å². The lowest BCUT2D eigenvalue weighted by molar-refractivity contribution is -0.138. The monoisotopic (exact) mass is 577 g/mol. The normalized spacial score (nSPS) is 11.3. The molecule has 0 unspecified atom stereocenters. The lowest BCUT2D eigenvalue weighted by atomic mass is 10.1. The summed E-state index contributed by atoms with van der Waals surface area (Å²) in [5.41, 5.74) is 3.25. The molecule has 0 fully saturated rings. The van der Waals surface area contributed by atoms with E-state index in [1.54, 1.807) is 11.0 Å². The van der Waals surface area contributed by atoms with Crippen molar-refractivity contribution in [3.05, 3.63) is 100 Å². The van der Waals surface area contributed by atoms with Gasteiger partial charge in [-0.05, 0) is 60.2 Å². The second-order valence-corrected chi connectivity index (χ2v) is 11.0. The van der Waals surface area contributed by atoms with Crippen LogP contribution in [-0.4, -0.2) is 45.8 Å². The molecule has 0 bridgehead atoms. The van der Waals surface area contributed by atoms with Crippen LogP contribution >= 0.6 is 15.9 Å². The van der Waals surface area contributed by atoms with Crippen LogP contribution in [0.15, 0.2) is 83.5 Å². The van der Waals surface area contributed by atoms with Gasteiger partial charge in [0.05, 0.1) is 6.54 Å². The summed E-state index contributed by atoms with van der Waals surface area (Å²) in [6.45, 7) is 8.99. The molecular weight excluding hydrogens is 538 g/mol. The van der Waals surface area contributed by atoms with Crippen LogP contribution in [-0.2, 0) is 22.7 Å². The Balaban J connectivity index is 1.73. The molecule has 2 aromatic carbocycles. The highest BCUT2D eigenvalue weighted by molar-refractivity contribution is 9.10. The van der Waals surface area contributed by atoms with Crippen LogP contribution < -0.4 is 0 Å². The molecule has 1 aromatic heterocycles. The number of benzene rings is 2. The molecule has 6 heteroatoms. The van der Waals surface area contributed by atoms with E-state index in [0.717, 1.165) is 41.5 Å². The molecule has 0 saturated carbocycles. The average Bonchev–Trinajstić information content (AvgIpc) is 3.35. The van der Waals surface area contributed by atoms with Crippen molar-refractivity contribution < 1.29 is 9.59 Å². The number of aromatic nitrogens is 1. The molecule has 0 N–H and O–H groups in total. The number of nitrogens with zero attached hydrogens (tertiary/aromatic N) is 3. The summed E-state index contributed by atoms with van der Waals surface area (Å²) in [6.07, 6.45) is 8.24. The van der Waals surface area contributed by atoms with Gasteiger partial charge in [0.2, 0.25) is 11.8 Å². The SMILES string of the molecule is CCCCN(Cc1cccn1Cc1ccc(Br)cc1)C(=O)CN(CCC(C)C)C(=O)C=Cc1ccccc1. The topological polar surface area (TPSA) is 45.6 Å². The first kappa shape index (κ1) is 29.4. The molecular formula is C32H40BrN3O2. The van der Waals surface area contributed by atoms with E-state index in [2.05, 4.69) is 65.7 Å². The molecule has 0 saturated heterocycles. The molecule has 0 spiro atoms. The summed E-state index contributed by atoms with van der Waals surface area (Å²) in [4.78, 5) is 30.4. The van der Waals surface area contributed by atoms with Gasteiger partial charge in [0.1, 0.15) is 6.54 Å². The predicted molar refractivity (Wildman–Crippen MR) is 160 cm³/mol. The van der Waals surface area contributed by atoms with Crippen molar-refractivity contribution in [3.8, 4) is 0 Å². The van der Waals surface area contributed by atoms with Crippen LogP contribution in [0.2, 0.25) is 0 Å². The molecule has 0 atom stereocenters. The Morgan fingerprint density at radius 2 is 1.68 bits per heavy atom.